The summed E-state index contributed by atoms with van der Waals surface area (Å²) in [7, 11) is 1.54. The van der Waals surface area contributed by atoms with Gasteiger partial charge in [-0.05, 0) is 17.7 Å². The molecule has 0 bridgehead atoms. The highest BCUT2D eigenvalue weighted by atomic mass is 79.9. The van der Waals surface area contributed by atoms with Gasteiger partial charge >= 0.3 is 0 Å². The molecule has 0 saturated carbocycles. The molecular weight excluding hydrogens is 445 g/mol. The molecule has 29 heavy (non-hydrogen) atoms. The van der Waals surface area contributed by atoms with E-state index in [1.165, 1.54) is 10.9 Å². The number of aliphatic hydroxyl groups is 1. The fourth-order valence-corrected chi connectivity index (χ4v) is 2.94. The van der Waals surface area contributed by atoms with Crippen molar-refractivity contribution in [3.63, 3.8) is 0 Å². The number of rotatable bonds is 8. The summed E-state index contributed by atoms with van der Waals surface area (Å²) >= 11 is 3.38. The Morgan fingerprint density at radius 1 is 1.38 bits per heavy atom. The number of nitrogens with one attached hydrogen (secondary N) is 3. The number of carbonyl (C=O) groups is 1. The molecule has 2 aromatic heterocycles. The third-order valence-electron chi connectivity index (χ3n) is 3.96. The smallest absolute Gasteiger partial charge is 0.241 e. The van der Waals surface area contributed by atoms with Gasteiger partial charge in [0.05, 0.1) is 30.7 Å². The van der Waals surface area contributed by atoms with Crippen molar-refractivity contribution in [1.29, 1.82) is 0 Å². The lowest BCUT2D eigenvalue weighted by Gasteiger charge is -2.18. The number of likely N-dealkylation sites (N-methyl/N-ethyl adjacent to an activating group) is 1. The van der Waals surface area contributed by atoms with Crippen molar-refractivity contribution in [1.82, 2.24) is 25.1 Å². The lowest BCUT2D eigenvalue weighted by molar-refractivity contribution is -0.121. The van der Waals surface area contributed by atoms with Crippen molar-refractivity contribution in [3.05, 3.63) is 58.7 Å². The second-order valence-corrected chi connectivity index (χ2v) is 6.97. The second-order valence-electron chi connectivity index (χ2n) is 6.05. The van der Waals surface area contributed by atoms with E-state index in [2.05, 4.69) is 46.9 Å². The SMILES string of the molecule is CNC(=O)Cn1cc(Nc2ncc(F)c(NC(CO)c3cccc(Br)c3)n2)cn1. The van der Waals surface area contributed by atoms with Gasteiger partial charge in [0.2, 0.25) is 11.9 Å². The number of amides is 1. The van der Waals surface area contributed by atoms with Gasteiger partial charge in [-0.2, -0.15) is 10.1 Å². The molecule has 0 saturated heterocycles. The molecule has 1 atom stereocenters. The summed E-state index contributed by atoms with van der Waals surface area (Å²) < 4.78 is 16.5. The monoisotopic (exact) mass is 463 g/mol. The van der Waals surface area contributed by atoms with Crippen LogP contribution in [0.2, 0.25) is 0 Å². The van der Waals surface area contributed by atoms with E-state index in [1.54, 1.807) is 13.2 Å². The van der Waals surface area contributed by atoms with Gasteiger partial charge < -0.3 is 21.1 Å². The zero-order valence-corrected chi connectivity index (χ0v) is 17.0. The number of carbonyl (C=O) groups excluding carboxylic acids is 1. The van der Waals surface area contributed by atoms with Crippen LogP contribution in [0.1, 0.15) is 11.6 Å². The number of benzene rings is 1. The first-order valence-corrected chi connectivity index (χ1v) is 9.43. The number of hydrogen-bond acceptors (Lipinski definition) is 7. The molecule has 1 aromatic carbocycles. The fraction of sp³-hybridized carbons (Fsp3) is 0.222. The third-order valence-corrected chi connectivity index (χ3v) is 4.46. The lowest BCUT2D eigenvalue weighted by Crippen LogP contribution is -2.23. The maximum Gasteiger partial charge on any atom is 0.241 e. The molecule has 3 aromatic rings. The van der Waals surface area contributed by atoms with Crippen molar-refractivity contribution in [2.45, 2.75) is 12.6 Å². The largest absolute Gasteiger partial charge is 0.394 e. The summed E-state index contributed by atoms with van der Waals surface area (Å²) in [4.78, 5) is 19.5. The minimum Gasteiger partial charge on any atom is -0.394 e. The maximum atomic E-state index is 14.2. The summed E-state index contributed by atoms with van der Waals surface area (Å²) in [5, 5.41) is 22.1. The number of nitrogens with zero attached hydrogens (tertiary/aromatic N) is 4. The van der Waals surface area contributed by atoms with Crippen LogP contribution in [0.4, 0.5) is 21.8 Å². The zero-order valence-electron chi connectivity index (χ0n) is 15.4. The predicted octanol–water partition coefficient (Wildman–Crippen LogP) is 2.21. The Morgan fingerprint density at radius 3 is 2.93 bits per heavy atom. The first kappa shape index (κ1) is 20.7. The molecule has 152 valence electrons. The van der Waals surface area contributed by atoms with E-state index in [4.69, 9.17) is 0 Å². The zero-order chi connectivity index (χ0) is 20.8. The second kappa shape index (κ2) is 9.43. The molecule has 2 heterocycles. The minimum absolute atomic E-state index is 0.0562. The first-order chi connectivity index (χ1) is 14.0. The fourth-order valence-electron chi connectivity index (χ4n) is 2.52. The first-order valence-electron chi connectivity index (χ1n) is 8.64. The molecule has 0 spiro atoms. The Hall–Kier alpha value is -3.05. The Bertz CT molecular complexity index is 998. The molecule has 0 fully saturated rings. The van der Waals surface area contributed by atoms with E-state index in [9.17, 15) is 14.3 Å². The van der Waals surface area contributed by atoms with E-state index in [1.807, 2.05) is 24.3 Å². The summed E-state index contributed by atoms with van der Waals surface area (Å²) in [5.74, 6) is -0.760. The summed E-state index contributed by atoms with van der Waals surface area (Å²) in [6, 6.07) is 6.77. The Kier molecular flexibility index (Phi) is 6.73. The molecule has 1 unspecified atom stereocenters. The number of anilines is 3. The molecular formula is C18H19BrFN7O2. The van der Waals surface area contributed by atoms with Crippen LogP contribution in [0, 0.1) is 5.82 Å². The van der Waals surface area contributed by atoms with E-state index in [-0.39, 0.29) is 30.8 Å². The van der Waals surface area contributed by atoms with Crippen molar-refractivity contribution < 1.29 is 14.3 Å². The molecule has 3 rings (SSSR count). The van der Waals surface area contributed by atoms with Gasteiger partial charge in [0.25, 0.3) is 0 Å². The molecule has 0 aliphatic rings. The highest BCUT2D eigenvalue weighted by molar-refractivity contribution is 9.10. The van der Waals surface area contributed by atoms with Gasteiger partial charge in [-0.15, -0.1) is 0 Å². The molecule has 4 N–H and O–H groups in total. The van der Waals surface area contributed by atoms with Crippen LogP contribution in [0.5, 0.6) is 0 Å². The van der Waals surface area contributed by atoms with Gasteiger partial charge in [0.15, 0.2) is 11.6 Å². The van der Waals surface area contributed by atoms with Crippen LogP contribution >= 0.6 is 15.9 Å². The molecule has 11 heteroatoms. The van der Waals surface area contributed by atoms with Crippen LogP contribution in [0.3, 0.4) is 0 Å². The third kappa shape index (κ3) is 5.48. The van der Waals surface area contributed by atoms with Crippen molar-refractivity contribution in [2.24, 2.45) is 0 Å². The van der Waals surface area contributed by atoms with Gasteiger partial charge in [-0.25, -0.2) is 9.37 Å². The van der Waals surface area contributed by atoms with E-state index < -0.39 is 11.9 Å². The highest BCUT2D eigenvalue weighted by Crippen LogP contribution is 2.24. The van der Waals surface area contributed by atoms with Crippen molar-refractivity contribution >= 4 is 39.3 Å². The van der Waals surface area contributed by atoms with Crippen molar-refractivity contribution in [3.8, 4) is 0 Å². The summed E-state index contributed by atoms with van der Waals surface area (Å²) in [6.07, 6.45) is 4.13. The standard InChI is InChI=1S/C18H19BrFN7O2/c1-21-16(29)9-27-8-13(6-23-27)24-18-22-7-14(20)17(26-18)25-15(10-28)11-3-2-4-12(19)5-11/h2-8,15,28H,9-10H2,1H3,(H,21,29)(H2,22,24,25,26). The van der Waals surface area contributed by atoms with Gasteiger partial charge in [-0.1, -0.05) is 28.1 Å². The predicted molar refractivity (Wildman–Crippen MR) is 109 cm³/mol. The maximum absolute atomic E-state index is 14.2. The number of halogens is 2. The number of aromatic nitrogens is 4. The van der Waals surface area contributed by atoms with Crippen LogP contribution < -0.4 is 16.0 Å². The Balaban J connectivity index is 1.75. The Morgan fingerprint density at radius 2 is 2.21 bits per heavy atom. The number of aliphatic hydroxyl groups excluding tert-OH is 1. The highest BCUT2D eigenvalue weighted by Gasteiger charge is 2.15. The number of hydrogen-bond donors (Lipinski definition) is 4. The molecule has 0 aliphatic carbocycles. The minimum atomic E-state index is -0.653. The van der Waals surface area contributed by atoms with E-state index in [0.29, 0.717) is 5.69 Å². The molecule has 1 amide bonds. The molecule has 0 radical (unpaired) electrons. The summed E-state index contributed by atoms with van der Waals surface area (Å²) in [6.45, 7) is -0.186. The van der Waals surface area contributed by atoms with E-state index in [0.717, 1.165) is 16.2 Å². The average Bonchev–Trinajstić information content (AvgIpc) is 3.14. The van der Waals surface area contributed by atoms with Crippen LogP contribution in [-0.4, -0.2) is 44.4 Å². The van der Waals surface area contributed by atoms with Gasteiger partial charge in [0.1, 0.15) is 6.54 Å². The average molecular weight is 464 g/mol. The van der Waals surface area contributed by atoms with Gasteiger partial charge in [0, 0.05) is 17.7 Å². The topological polar surface area (TPSA) is 117 Å². The molecule has 9 nitrogen and oxygen atoms in total. The van der Waals surface area contributed by atoms with Crippen LogP contribution in [-0.2, 0) is 11.3 Å². The van der Waals surface area contributed by atoms with E-state index >= 15 is 0 Å². The van der Waals surface area contributed by atoms with Gasteiger partial charge in [-0.3, -0.25) is 9.48 Å². The quantitative estimate of drug-likeness (QED) is 0.404. The Labute approximate surface area is 174 Å². The lowest BCUT2D eigenvalue weighted by atomic mass is 10.1. The van der Waals surface area contributed by atoms with Crippen molar-refractivity contribution in [2.75, 3.05) is 24.3 Å². The van der Waals surface area contributed by atoms with Crippen LogP contribution in [0.25, 0.3) is 0 Å². The summed E-state index contributed by atoms with van der Waals surface area (Å²) in [5.41, 5.74) is 1.31. The normalized spacial score (nSPS) is 11.7. The molecule has 0 aliphatic heterocycles. The van der Waals surface area contributed by atoms with Crippen LogP contribution in [0.15, 0.2) is 47.3 Å².